The molecule has 0 radical (unpaired) electrons. The summed E-state index contributed by atoms with van der Waals surface area (Å²) in [6.45, 7) is 5.62. The first kappa shape index (κ1) is 40.5. The van der Waals surface area contributed by atoms with Crippen LogP contribution in [0.2, 0.25) is 0 Å². The summed E-state index contributed by atoms with van der Waals surface area (Å²) in [5, 5.41) is 16.3. The Kier molecular flexibility index (Phi) is 15.1. The van der Waals surface area contributed by atoms with Gasteiger partial charge in [0.05, 0.1) is 0 Å². The van der Waals surface area contributed by atoms with Gasteiger partial charge in [0, 0.05) is 37.7 Å². The summed E-state index contributed by atoms with van der Waals surface area (Å²) < 4.78 is 0. The quantitative estimate of drug-likeness (QED) is 0.0461. The molecule has 0 aliphatic carbocycles. The number of aliphatic imine (C=N–C) groups is 1. The zero-order chi connectivity index (χ0) is 39.0. The number of hydrogen-bond acceptors (Lipinski definition) is 6. The van der Waals surface area contributed by atoms with Crippen LogP contribution < -0.4 is 38.1 Å². The van der Waals surface area contributed by atoms with Crippen molar-refractivity contribution < 1.29 is 24.0 Å². The van der Waals surface area contributed by atoms with Crippen LogP contribution in [0.5, 0.6) is 0 Å². The van der Waals surface area contributed by atoms with Crippen molar-refractivity contribution in [3.63, 3.8) is 0 Å². The summed E-state index contributed by atoms with van der Waals surface area (Å²) in [4.78, 5) is 69.2. The Labute approximate surface area is 315 Å². The van der Waals surface area contributed by atoms with E-state index in [9.17, 15) is 24.0 Å². The molecule has 0 saturated carbocycles. The normalized spacial score (nSPS) is 12.5. The average molecular weight is 735 g/mol. The second-order valence-corrected chi connectivity index (χ2v) is 13.4. The molecule has 0 unspecified atom stereocenters. The van der Waals surface area contributed by atoms with E-state index in [4.69, 9.17) is 11.5 Å². The van der Waals surface area contributed by atoms with Gasteiger partial charge in [-0.25, -0.2) is 0 Å². The molecule has 0 heterocycles. The number of nitrogens with one attached hydrogen (secondary N) is 5. The lowest BCUT2D eigenvalue weighted by Crippen LogP contribution is -2.56. The maximum atomic E-state index is 13.7. The van der Waals surface area contributed by atoms with Crippen molar-refractivity contribution in [3.8, 4) is 0 Å². The Bertz CT molecular complexity index is 1930. The number of carbonyl (C=O) groups excluding carboxylic acids is 5. The third-order valence-corrected chi connectivity index (χ3v) is 8.73. The number of nitrogens with two attached hydrogens (primary N) is 2. The maximum absolute atomic E-state index is 13.7. The summed E-state index contributed by atoms with van der Waals surface area (Å²) >= 11 is 0. The monoisotopic (exact) mass is 734 g/mol. The molecule has 0 aromatic heterocycles. The smallest absolute Gasteiger partial charge is 0.251 e. The Hall–Kier alpha value is -6.24. The van der Waals surface area contributed by atoms with Crippen LogP contribution in [0.3, 0.4) is 0 Å². The molecule has 0 fully saturated rings. The Morgan fingerprint density at radius 3 is 2.06 bits per heavy atom. The molecular weight excluding hydrogens is 685 g/mol. The second kappa shape index (κ2) is 20.1. The molecule has 13 nitrogen and oxygen atoms in total. The van der Waals surface area contributed by atoms with Gasteiger partial charge in [-0.05, 0) is 71.3 Å². The molecule has 0 aliphatic rings. The van der Waals surface area contributed by atoms with Crippen molar-refractivity contribution >= 4 is 52.0 Å². The molecule has 0 saturated heterocycles. The van der Waals surface area contributed by atoms with E-state index in [1.807, 2.05) is 62.4 Å². The van der Waals surface area contributed by atoms with Crippen molar-refractivity contribution in [2.75, 3.05) is 18.4 Å². The first-order valence-electron chi connectivity index (χ1n) is 18.0. The van der Waals surface area contributed by atoms with Crippen molar-refractivity contribution in [2.24, 2.45) is 22.4 Å². The van der Waals surface area contributed by atoms with Crippen molar-refractivity contribution in [2.45, 2.75) is 64.6 Å². The molecule has 5 amide bonds. The predicted octanol–water partition coefficient (Wildman–Crippen LogP) is 3.18. The van der Waals surface area contributed by atoms with E-state index in [1.54, 1.807) is 12.1 Å². The first-order valence-corrected chi connectivity index (χ1v) is 18.0. The van der Waals surface area contributed by atoms with Crippen molar-refractivity contribution in [1.82, 2.24) is 21.3 Å². The molecule has 0 spiro atoms. The van der Waals surface area contributed by atoms with E-state index >= 15 is 0 Å². The minimum atomic E-state index is -0.946. The molecule has 0 aliphatic heterocycles. The Morgan fingerprint density at radius 2 is 1.39 bits per heavy atom. The number of fused-ring (bicyclic) bond motifs is 1. The Morgan fingerprint density at radius 1 is 0.704 bits per heavy atom. The third-order valence-electron chi connectivity index (χ3n) is 8.73. The van der Waals surface area contributed by atoms with Crippen LogP contribution in [0.25, 0.3) is 10.8 Å². The highest BCUT2D eigenvalue weighted by molar-refractivity contribution is 6.00. The van der Waals surface area contributed by atoms with Gasteiger partial charge in [0.2, 0.25) is 23.6 Å². The highest BCUT2D eigenvalue weighted by Gasteiger charge is 2.29. The van der Waals surface area contributed by atoms with E-state index in [1.165, 1.54) is 19.1 Å². The molecular formula is C41H50N8O5. The molecule has 54 heavy (non-hydrogen) atoms. The zero-order valence-corrected chi connectivity index (χ0v) is 30.9. The van der Waals surface area contributed by atoms with Crippen LogP contribution >= 0.6 is 0 Å². The topological polar surface area (TPSA) is 210 Å². The lowest BCUT2D eigenvalue weighted by molar-refractivity contribution is -0.130. The fourth-order valence-corrected chi connectivity index (χ4v) is 5.88. The summed E-state index contributed by atoms with van der Waals surface area (Å²) in [5.41, 5.74) is 13.3. The lowest BCUT2D eigenvalue weighted by Gasteiger charge is -2.25. The van der Waals surface area contributed by atoms with E-state index in [2.05, 4.69) is 55.8 Å². The summed E-state index contributed by atoms with van der Waals surface area (Å²) in [7, 11) is 0. The van der Waals surface area contributed by atoms with Gasteiger partial charge in [-0.3, -0.25) is 29.0 Å². The summed E-state index contributed by atoms with van der Waals surface area (Å²) in [6, 6.07) is 27.2. The van der Waals surface area contributed by atoms with Crippen LogP contribution in [0.4, 0.5) is 5.69 Å². The van der Waals surface area contributed by atoms with Gasteiger partial charge in [0.25, 0.3) is 5.91 Å². The van der Waals surface area contributed by atoms with E-state index in [0.717, 1.165) is 21.9 Å². The number of carbonyl (C=O) groups is 5. The van der Waals surface area contributed by atoms with Crippen molar-refractivity contribution in [3.05, 3.63) is 114 Å². The molecule has 9 N–H and O–H groups in total. The highest BCUT2D eigenvalue weighted by Crippen LogP contribution is 2.16. The van der Waals surface area contributed by atoms with Crippen LogP contribution in [0.15, 0.2) is 102 Å². The zero-order valence-electron chi connectivity index (χ0n) is 30.9. The van der Waals surface area contributed by atoms with Crippen molar-refractivity contribution in [1.29, 1.82) is 0 Å². The number of guanidine groups is 1. The molecule has 13 heteroatoms. The molecule has 284 valence electrons. The van der Waals surface area contributed by atoms with Crippen LogP contribution in [0, 0.1) is 5.92 Å². The standard InChI is InChI=1S/C41H50N8O5/c1-26(2)36(49-37(51)31-17-19-33(20-18-31)47-39(53)34(46-27(3)50)14-9-22-45-41(42)43)40(54)48-35(25-28-10-5-4-6-11-28)38(52)44-23-21-29-15-16-30-12-7-8-13-32(30)24-29/h4-8,10-13,15-20,24,26,34-36H,9,14,21-23,25H2,1-3H3,(H,44,52)(H,46,50)(H,47,53)(H,48,54)(H,49,51)(H4,42,43,45)/t34-,35-,36-/m0/s1. The number of anilines is 1. The second-order valence-electron chi connectivity index (χ2n) is 13.4. The largest absolute Gasteiger partial charge is 0.370 e. The number of hydrogen-bond donors (Lipinski definition) is 7. The number of rotatable bonds is 18. The van der Waals surface area contributed by atoms with Gasteiger partial charge in [-0.1, -0.05) is 86.6 Å². The molecule has 4 rings (SSSR count). The van der Waals surface area contributed by atoms with Gasteiger partial charge in [-0.2, -0.15) is 0 Å². The summed E-state index contributed by atoms with van der Waals surface area (Å²) in [6.07, 6.45) is 1.65. The fraction of sp³-hybridized carbons (Fsp3) is 0.317. The minimum absolute atomic E-state index is 0.0565. The van der Waals surface area contributed by atoms with Gasteiger partial charge in [0.1, 0.15) is 18.1 Å². The highest BCUT2D eigenvalue weighted by atomic mass is 16.2. The van der Waals surface area contributed by atoms with Gasteiger partial charge >= 0.3 is 0 Å². The predicted molar refractivity (Wildman–Crippen MR) is 211 cm³/mol. The molecule has 4 aromatic rings. The van der Waals surface area contributed by atoms with E-state index in [-0.39, 0.29) is 35.7 Å². The number of nitrogens with zero attached hydrogens (tertiary/aromatic N) is 1. The van der Waals surface area contributed by atoms with Gasteiger partial charge in [-0.15, -0.1) is 0 Å². The number of amides is 5. The molecule has 0 bridgehead atoms. The Balaban J connectivity index is 1.37. The lowest BCUT2D eigenvalue weighted by atomic mass is 10.0. The van der Waals surface area contributed by atoms with Gasteiger partial charge < -0.3 is 38.1 Å². The van der Waals surface area contributed by atoms with E-state index < -0.39 is 35.8 Å². The van der Waals surface area contributed by atoms with Crippen LogP contribution in [-0.4, -0.2) is 66.7 Å². The first-order chi connectivity index (χ1) is 25.9. The van der Waals surface area contributed by atoms with Gasteiger partial charge in [0.15, 0.2) is 5.96 Å². The molecule has 4 aromatic carbocycles. The SMILES string of the molecule is CC(=O)N[C@@H](CCCN=C(N)N)C(=O)Nc1ccc(C(=O)N[C@H](C(=O)N[C@@H](Cc2ccccc2)C(=O)NCCc2ccc3ccccc3c2)C(C)C)cc1. The molecule has 3 atom stereocenters. The summed E-state index contributed by atoms with van der Waals surface area (Å²) in [5.74, 6) is -2.48. The fourth-order valence-electron chi connectivity index (χ4n) is 5.88. The van der Waals surface area contributed by atoms with Crippen LogP contribution in [0.1, 0.15) is 55.1 Å². The minimum Gasteiger partial charge on any atom is -0.370 e. The average Bonchev–Trinajstić information content (AvgIpc) is 3.14. The number of benzene rings is 4. The van der Waals surface area contributed by atoms with E-state index in [0.29, 0.717) is 38.0 Å². The maximum Gasteiger partial charge on any atom is 0.251 e. The van der Waals surface area contributed by atoms with Crippen LogP contribution in [-0.2, 0) is 32.0 Å². The third kappa shape index (κ3) is 12.8.